The number of hydrogen-bond donors (Lipinski definition) is 0. The molecular formula is C13H17NO2. The molecule has 3 nitrogen and oxygen atoms in total. The van der Waals surface area contributed by atoms with Gasteiger partial charge in [0.05, 0.1) is 6.61 Å². The smallest absolute Gasteiger partial charge is 0.253 e. The lowest BCUT2D eigenvalue weighted by atomic mass is 10.1. The Morgan fingerprint density at radius 2 is 2.19 bits per heavy atom. The maximum Gasteiger partial charge on any atom is 0.253 e. The molecule has 0 atom stereocenters. The van der Waals surface area contributed by atoms with Gasteiger partial charge in [0.1, 0.15) is 5.75 Å². The zero-order valence-corrected chi connectivity index (χ0v) is 9.99. The van der Waals surface area contributed by atoms with Crippen LogP contribution < -0.4 is 4.74 Å². The Bertz CT molecular complexity index is 412. The standard InChI is InChI=1S/C13H17NO2/c1-9(2)14(3)13(15)11-4-5-12-10(8-11)6-7-16-12/h4-5,8-9H,6-7H2,1-3H3. The zero-order valence-electron chi connectivity index (χ0n) is 9.99. The summed E-state index contributed by atoms with van der Waals surface area (Å²) < 4.78 is 5.42. The summed E-state index contributed by atoms with van der Waals surface area (Å²) in [5.41, 5.74) is 1.89. The van der Waals surface area contributed by atoms with Crippen molar-refractivity contribution in [2.75, 3.05) is 13.7 Å². The Labute approximate surface area is 96.0 Å². The van der Waals surface area contributed by atoms with Crippen molar-refractivity contribution in [3.05, 3.63) is 29.3 Å². The fourth-order valence-electron chi connectivity index (χ4n) is 1.76. The maximum atomic E-state index is 12.1. The van der Waals surface area contributed by atoms with Crippen LogP contribution in [0, 0.1) is 0 Å². The molecule has 0 fully saturated rings. The highest BCUT2D eigenvalue weighted by Gasteiger charge is 2.18. The average Bonchev–Trinajstić information content (AvgIpc) is 2.73. The lowest BCUT2D eigenvalue weighted by molar-refractivity contribution is 0.0755. The normalized spacial score (nSPS) is 13.5. The second-order valence-corrected chi connectivity index (χ2v) is 4.43. The Kier molecular flexibility index (Phi) is 2.86. The van der Waals surface area contributed by atoms with Crippen LogP contribution in [0.1, 0.15) is 29.8 Å². The predicted molar refractivity (Wildman–Crippen MR) is 62.9 cm³/mol. The van der Waals surface area contributed by atoms with Crippen molar-refractivity contribution in [2.24, 2.45) is 0 Å². The van der Waals surface area contributed by atoms with Gasteiger partial charge in [-0.05, 0) is 37.6 Å². The van der Waals surface area contributed by atoms with E-state index in [1.165, 1.54) is 0 Å². The van der Waals surface area contributed by atoms with Gasteiger partial charge in [0.2, 0.25) is 0 Å². The molecule has 1 aliphatic rings. The van der Waals surface area contributed by atoms with Crippen molar-refractivity contribution in [2.45, 2.75) is 26.3 Å². The van der Waals surface area contributed by atoms with E-state index in [4.69, 9.17) is 4.74 Å². The van der Waals surface area contributed by atoms with Crippen LogP contribution in [0.25, 0.3) is 0 Å². The van der Waals surface area contributed by atoms with Gasteiger partial charge in [-0.3, -0.25) is 4.79 Å². The first-order valence-corrected chi connectivity index (χ1v) is 5.62. The number of rotatable bonds is 2. The lowest BCUT2D eigenvalue weighted by Gasteiger charge is -2.21. The van der Waals surface area contributed by atoms with Crippen LogP contribution in [0.2, 0.25) is 0 Å². The first-order valence-electron chi connectivity index (χ1n) is 5.62. The molecule has 1 amide bonds. The predicted octanol–water partition coefficient (Wildman–Crippen LogP) is 2.10. The Morgan fingerprint density at radius 3 is 2.88 bits per heavy atom. The van der Waals surface area contributed by atoms with Crippen LogP contribution in [0.15, 0.2) is 18.2 Å². The van der Waals surface area contributed by atoms with Gasteiger partial charge in [-0.2, -0.15) is 0 Å². The van der Waals surface area contributed by atoms with Crippen LogP contribution in [0.5, 0.6) is 5.75 Å². The van der Waals surface area contributed by atoms with E-state index in [1.807, 2.05) is 39.1 Å². The van der Waals surface area contributed by atoms with Gasteiger partial charge in [-0.1, -0.05) is 0 Å². The summed E-state index contributed by atoms with van der Waals surface area (Å²) in [4.78, 5) is 13.8. The van der Waals surface area contributed by atoms with Crippen LogP contribution in [-0.2, 0) is 6.42 Å². The molecule has 0 saturated heterocycles. The summed E-state index contributed by atoms with van der Waals surface area (Å²) in [7, 11) is 1.83. The molecule has 3 heteroatoms. The van der Waals surface area contributed by atoms with E-state index < -0.39 is 0 Å². The Balaban J connectivity index is 2.25. The molecule has 0 aromatic heterocycles. The highest BCUT2D eigenvalue weighted by Crippen LogP contribution is 2.26. The minimum absolute atomic E-state index is 0.0738. The molecule has 86 valence electrons. The van der Waals surface area contributed by atoms with Gasteiger partial charge in [-0.15, -0.1) is 0 Å². The summed E-state index contributed by atoms with van der Waals surface area (Å²) in [6.07, 6.45) is 0.905. The topological polar surface area (TPSA) is 29.5 Å². The number of carbonyl (C=O) groups excluding carboxylic acids is 1. The van der Waals surface area contributed by atoms with Crippen LogP contribution in [0.4, 0.5) is 0 Å². The van der Waals surface area contributed by atoms with Crippen molar-refractivity contribution in [3.63, 3.8) is 0 Å². The van der Waals surface area contributed by atoms with Crippen LogP contribution in [-0.4, -0.2) is 30.5 Å². The van der Waals surface area contributed by atoms with E-state index in [1.54, 1.807) is 4.90 Å². The van der Waals surface area contributed by atoms with Crippen molar-refractivity contribution in [3.8, 4) is 5.75 Å². The highest BCUT2D eigenvalue weighted by atomic mass is 16.5. The molecule has 0 N–H and O–H groups in total. The fourth-order valence-corrected chi connectivity index (χ4v) is 1.76. The molecule has 1 aromatic rings. The fraction of sp³-hybridized carbons (Fsp3) is 0.462. The monoisotopic (exact) mass is 219 g/mol. The van der Waals surface area contributed by atoms with Gasteiger partial charge in [0.25, 0.3) is 5.91 Å². The molecule has 0 aliphatic carbocycles. The zero-order chi connectivity index (χ0) is 11.7. The molecule has 0 spiro atoms. The van der Waals surface area contributed by atoms with Gasteiger partial charge in [0, 0.05) is 25.1 Å². The Hall–Kier alpha value is -1.51. The van der Waals surface area contributed by atoms with E-state index >= 15 is 0 Å². The third-order valence-corrected chi connectivity index (χ3v) is 3.03. The van der Waals surface area contributed by atoms with E-state index in [2.05, 4.69) is 0 Å². The van der Waals surface area contributed by atoms with E-state index in [0.717, 1.165) is 29.9 Å². The minimum Gasteiger partial charge on any atom is -0.493 e. The number of fused-ring (bicyclic) bond motifs is 1. The lowest BCUT2D eigenvalue weighted by Crippen LogP contribution is -2.32. The van der Waals surface area contributed by atoms with E-state index in [0.29, 0.717) is 0 Å². The first kappa shape index (κ1) is 11.0. The number of carbonyl (C=O) groups is 1. The highest BCUT2D eigenvalue weighted by molar-refractivity contribution is 5.94. The van der Waals surface area contributed by atoms with Gasteiger partial charge in [-0.25, -0.2) is 0 Å². The first-order chi connectivity index (χ1) is 7.59. The molecule has 1 heterocycles. The quantitative estimate of drug-likeness (QED) is 0.762. The second-order valence-electron chi connectivity index (χ2n) is 4.43. The minimum atomic E-state index is 0.0738. The summed E-state index contributed by atoms with van der Waals surface area (Å²) in [5.74, 6) is 0.994. The number of benzene rings is 1. The molecule has 1 aromatic carbocycles. The average molecular weight is 219 g/mol. The van der Waals surface area contributed by atoms with Crippen LogP contribution >= 0.6 is 0 Å². The largest absolute Gasteiger partial charge is 0.493 e. The van der Waals surface area contributed by atoms with Crippen molar-refractivity contribution < 1.29 is 9.53 Å². The Morgan fingerprint density at radius 1 is 1.44 bits per heavy atom. The van der Waals surface area contributed by atoms with E-state index in [9.17, 15) is 4.79 Å². The molecule has 0 bridgehead atoms. The van der Waals surface area contributed by atoms with Gasteiger partial charge >= 0.3 is 0 Å². The molecule has 1 aliphatic heterocycles. The van der Waals surface area contributed by atoms with Crippen LogP contribution in [0.3, 0.4) is 0 Å². The van der Waals surface area contributed by atoms with Gasteiger partial charge in [0.15, 0.2) is 0 Å². The summed E-state index contributed by atoms with van der Waals surface area (Å²) in [6.45, 7) is 4.75. The van der Waals surface area contributed by atoms with Crippen molar-refractivity contribution >= 4 is 5.91 Å². The summed E-state index contributed by atoms with van der Waals surface area (Å²) >= 11 is 0. The number of hydrogen-bond acceptors (Lipinski definition) is 2. The number of nitrogens with zero attached hydrogens (tertiary/aromatic N) is 1. The van der Waals surface area contributed by atoms with Gasteiger partial charge < -0.3 is 9.64 Å². The number of amides is 1. The number of ether oxygens (including phenoxy) is 1. The molecule has 0 saturated carbocycles. The van der Waals surface area contributed by atoms with Crippen molar-refractivity contribution in [1.82, 2.24) is 4.90 Å². The summed E-state index contributed by atoms with van der Waals surface area (Å²) in [6, 6.07) is 5.90. The third kappa shape index (κ3) is 1.90. The molecule has 2 rings (SSSR count). The molecule has 0 unspecified atom stereocenters. The molecular weight excluding hydrogens is 202 g/mol. The van der Waals surface area contributed by atoms with E-state index in [-0.39, 0.29) is 11.9 Å². The second kappa shape index (κ2) is 4.16. The SMILES string of the molecule is CC(C)N(C)C(=O)c1ccc2c(c1)CCO2. The van der Waals surface area contributed by atoms with Crippen molar-refractivity contribution in [1.29, 1.82) is 0 Å². The molecule has 16 heavy (non-hydrogen) atoms. The molecule has 0 radical (unpaired) electrons. The summed E-state index contributed by atoms with van der Waals surface area (Å²) in [5, 5.41) is 0. The third-order valence-electron chi connectivity index (χ3n) is 3.03. The maximum absolute atomic E-state index is 12.1.